The third-order valence-corrected chi connectivity index (χ3v) is 5.68. The number of β-amino-alcohol motifs (C(OH)–C–C–N with tert-alkyl or cyclic N) is 1. The first-order valence-electron chi connectivity index (χ1n) is 14.7. The number of fused-ring (bicyclic) bond motifs is 2. The Labute approximate surface area is 243 Å². The van der Waals surface area contributed by atoms with Crippen molar-refractivity contribution in [2.75, 3.05) is 47.3 Å². The van der Waals surface area contributed by atoms with Gasteiger partial charge < -0.3 is 15.3 Å². The van der Waals surface area contributed by atoms with Gasteiger partial charge in [0, 0.05) is 46.3 Å². The monoisotopic (exact) mass is 566 g/mol. The smallest absolute Gasteiger partial charge is 0.209 e. The minimum atomic E-state index is -0.278. The van der Waals surface area contributed by atoms with E-state index in [1.165, 1.54) is 11.4 Å². The Bertz CT molecular complexity index is 844. The van der Waals surface area contributed by atoms with Crippen LogP contribution in [0.5, 0.6) is 0 Å². The van der Waals surface area contributed by atoms with Crippen LogP contribution in [0.2, 0.25) is 0 Å². The Balaban J connectivity index is 0. The lowest BCUT2D eigenvalue weighted by atomic mass is 10.3. The first-order valence-corrected chi connectivity index (χ1v) is 14.7. The Kier molecular flexibility index (Phi) is 23.7. The summed E-state index contributed by atoms with van der Waals surface area (Å²) in [6, 6.07) is 4.32. The fraction of sp³-hybridized carbons (Fsp3) is 0.724. The molecule has 2 aromatic rings. The number of nitrogens with one attached hydrogen (secondary N) is 1. The molecule has 2 amide bonds. The van der Waals surface area contributed by atoms with E-state index in [0.29, 0.717) is 19.5 Å². The molecule has 2 aromatic heterocycles. The molecule has 0 bridgehead atoms. The number of hydrogen-bond acceptors (Lipinski definition) is 7. The Morgan fingerprint density at radius 3 is 1.48 bits per heavy atom. The highest BCUT2D eigenvalue weighted by Crippen LogP contribution is 2.11. The largest absolute Gasteiger partial charge is 0.391 e. The molecule has 5 rings (SSSR count). The predicted molar refractivity (Wildman–Crippen MR) is 164 cm³/mol. The maximum absolute atomic E-state index is 9.97. The second-order valence-corrected chi connectivity index (χ2v) is 8.93. The minimum Gasteiger partial charge on any atom is -0.391 e. The number of hydrogen-bond donors (Lipinski definition) is 2. The molecule has 3 aliphatic rings. The van der Waals surface area contributed by atoms with E-state index >= 15 is 0 Å². The molecule has 1 saturated heterocycles. The van der Waals surface area contributed by atoms with E-state index < -0.39 is 0 Å². The lowest BCUT2D eigenvalue weighted by molar-refractivity contribution is -0.117. The van der Waals surface area contributed by atoms with Crippen molar-refractivity contribution in [3.05, 3.63) is 34.9 Å². The summed E-state index contributed by atoms with van der Waals surface area (Å²) < 4.78 is 4.21. The van der Waals surface area contributed by atoms with Gasteiger partial charge in [0.25, 0.3) is 0 Å². The molecule has 5 heterocycles. The van der Waals surface area contributed by atoms with Crippen molar-refractivity contribution < 1.29 is 14.7 Å². The molecule has 11 nitrogen and oxygen atoms in total. The highest BCUT2D eigenvalue weighted by molar-refractivity contribution is 5.47. The van der Waals surface area contributed by atoms with Gasteiger partial charge in [0.2, 0.25) is 12.8 Å². The van der Waals surface area contributed by atoms with E-state index in [1.807, 2.05) is 55.4 Å². The average Bonchev–Trinajstić information content (AvgIpc) is 3.68. The first-order chi connectivity index (χ1) is 19.2. The van der Waals surface area contributed by atoms with E-state index in [9.17, 15) is 4.79 Å². The van der Waals surface area contributed by atoms with Gasteiger partial charge in [0.05, 0.1) is 42.0 Å². The Hall–Kier alpha value is -2.76. The molecule has 3 aliphatic heterocycles. The summed E-state index contributed by atoms with van der Waals surface area (Å²) in [4.78, 5) is 25.2. The van der Waals surface area contributed by atoms with Gasteiger partial charge in [-0.2, -0.15) is 10.2 Å². The number of aliphatic hydroxyl groups is 1. The van der Waals surface area contributed by atoms with Crippen molar-refractivity contribution in [3.8, 4) is 0 Å². The van der Waals surface area contributed by atoms with Crippen LogP contribution in [-0.4, -0.2) is 106 Å². The number of rotatable bonds is 2. The zero-order valence-electron chi connectivity index (χ0n) is 27.1. The number of carbonyl (C=O) groups is 2. The molecule has 2 N–H and O–H groups in total. The average molecular weight is 567 g/mol. The molecular formula is C29H58N8O3. The summed E-state index contributed by atoms with van der Waals surface area (Å²) in [7, 11) is 5.85. The molecule has 40 heavy (non-hydrogen) atoms. The number of aryl methyl sites for hydroxylation is 2. The molecule has 1 unspecified atom stereocenters. The summed E-state index contributed by atoms with van der Waals surface area (Å²) in [5.74, 6) is 0. The van der Waals surface area contributed by atoms with Crippen LogP contribution in [0.1, 0.15) is 70.7 Å². The molecule has 0 aliphatic carbocycles. The van der Waals surface area contributed by atoms with Crippen LogP contribution in [0, 0.1) is 13.8 Å². The molecule has 0 radical (unpaired) electrons. The first kappa shape index (κ1) is 39.4. The van der Waals surface area contributed by atoms with Gasteiger partial charge in [-0.3, -0.25) is 28.8 Å². The van der Waals surface area contributed by atoms with Gasteiger partial charge in [-0.25, -0.2) is 0 Å². The van der Waals surface area contributed by atoms with Gasteiger partial charge in [0.15, 0.2) is 0 Å². The van der Waals surface area contributed by atoms with E-state index in [2.05, 4.69) is 60.9 Å². The van der Waals surface area contributed by atoms with Crippen LogP contribution in [0.15, 0.2) is 12.1 Å². The van der Waals surface area contributed by atoms with Crippen molar-refractivity contribution in [2.45, 2.75) is 94.1 Å². The van der Waals surface area contributed by atoms with Crippen LogP contribution >= 0.6 is 0 Å². The van der Waals surface area contributed by atoms with Crippen LogP contribution in [0.25, 0.3) is 0 Å². The summed E-state index contributed by atoms with van der Waals surface area (Å²) in [6.45, 7) is 23.7. The molecule has 1 atom stereocenters. The zero-order chi connectivity index (χ0) is 31.1. The quantitative estimate of drug-likeness (QED) is 0.538. The minimum absolute atomic E-state index is 0.278. The second kappa shape index (κ2) is 24.1. The Morgan fingerprint density at radius 2 is 1.20 bits per heavy atom. The fourth-order valence-corrected chi connectivity index (χ4v) is 3.95. The van der Waals surface area contributed by atoms with Gasteiger partial charge in [-0.1, -0.05) is 41.5 Å². The molecule has 11 heteroatoms. The molecular weight excluding hydrogens is 508 g/mol. The van der Waals surface area contributed by atoms with Crippen molar-refractivity contribution in [1.29, 1.82) is 0 Å². The van der Waals surface area contributed by atoms with Crippen LogP contribution in [-0.2, 0) is 35.8 Å². The number of nitrogens with zero attached hydrogens (tertiary/aromatic N) is 7. The molecule has 0 saturated carbocycles. The van der Waals surface area contributed by atoms with Crippen molar-refractivity contribution in [2.24, 2.45) is 0 Å². The van der Waals surface area contributed by atoms with Crippen molar-refractivity contribution in [1.82, 2.24) is 39.6 Å². The van der Waals surface area contributed by atoms with Crippen LogP contribution < -0.4 is 5.32 Å². The normalized spacial score (nSPS) is 16.8. The molecule has 0 spiro atoms. The van der Waals surface area contributed by atoms with Gasteiger partial charge in [-0.05, 0) is 46.5 Å². The topological polar surface area (TPSA) is 112 Å². The summed E-state index contributed by atoms with van der Waals surface area (Å²) in [5.41, 5.74) is 4.96. The lowest BCUT2D eigenvalue weighted by Crippen LogP contribution is -2.30. The zero-order valence-corrected chi connectivity index (χ0v) is 27.1. The predicted octanol–water partition coefficient (Wildman–Crippen LogP) is 2.92. The fourth-order valence-electron chi connectivity index (χ4n) is 3.95. The third kappa shape index (κ3) is 15.7. The maximum Gasteiger partial charge on any atom is 0.209 e. The maximum atomic E-state index is 9.97. The number of amides is 2. The van der Waals surface area contributed by atoms with Gasteiger partial charge >= 0.3 is 0 Å². The second-order valence-electron chi connectivity index (χ2n) is 8.93. The lowest BCUT2D eigenvalue weighted by Gasteiger charge is -2.22. The Morgan fingerprint density at radius 1 is 0.800 bits per heavy atom. The summed E-state index contributed by atoms with van der Waals surface area (Å²) in [6.07, 6.45) is 1.86. The molecule has 1 fully saturated rings. The third-order valence-electron chi connectivity index (χ3n) is 5.68. The van der Waals surface area contributed by atoms with Crippen LogP contribution in [0.3, 0.4) is 0 Å². The standard InChI is InChI=1S/2C8H13N3.C5H9NO2.C2H5NO.3C2H6/c2*1-7-5-8-6-10(2)3-4-11(8)9-7;7-4-6-2-1-5(8)3-6;1-3-2-4;3*1-2/h2*5H,3-4,6H2,1-2H3;4-5,8H,1-3H2;2H,1H3,(H,3,4);3*1-2H3. The summed E-state index contributed by atoms with van der Waals surface area (Å²) in [5, 5.41) is 19.8. The highest BCUT2D eigenvalue weighted by Gasteiger charge is 2.17. The number of carbonyl (C=O) groups excluding carboxylic acids is 2. The van der Waals surface area contributed by atoms with Crippen LogP contribution in [0.4, 0.5) is 0 Å². The van der Waals surface area contributed by atoms with E-state index in [-0.39, 0.29) is 6.10 Å². The van der Waals surface area contributed by atoms with Gasteiger partial charge in [0.1, 0.15) is 0 Å². The van der Waals surface area contributed by atoms with E-state index in [0.717, 1.165) is 63.5 Å². The van der Waals surface area contributed by atoms with Crippen molar-refractivity contribution >= 4 is 12.8 Å². The van der Waals surface area contributed by atoms with E-state index in [4.69, 9.17) is 9.90 Å². The molecule has 0 aromatic carbocycles. The summed E-state index contributed by atoms with van der Waals surface area (Å²) >= 11 is 0. The van der Waals surface area contributed by atoms with E-state index in [1.54, 1.807) is 11.9 Å². The highest BCUT2D eigenvalue weighted by atomic mass is 16.3. The number of likely N-dealkylation sites (tertiary alicyclic amines) is 1. The number of likely N-dealkylation sites (N-methyl/N-ethyl adjacent to an activating group) is 2. The number of aliphatic hydroxyl groups excluding tert-OH is 1. The SMILES string of the molecule is CC.CC.CC.CNC=O.Cc1cc2n(n1)CCN(C)C2.Cc1cc2n(n1)CCN(C)C2.O=CN1CCC(O)C1. The molecule has 232 valence electrons. The number of aromatic nitrogens is 4. The van der Waals surface area contributed by atoms with Gasteiger partial charge in [-0.15, -0.1) is 0 Å². The van der Waals surface area contributed by atoms with Crippen molar-refractivity contribution in [3.63, 3.8) is 0 Å².